The highest BCUT2D eigenvalue weighted by atomic mass is 32.2. The second-order valence-electron chi connectivity index (χ2n) is 7.67. The quantitative estimate of drug-likeness (QED) is 0.650. The highest BCUT2D eigenvalue weighted by Gasteiger charge is 2.33. The molecule has 1 aliphatic heterocycles. The Balaban J connectivity index is 1.52. The Morgan fingerprint density at radius 1 is 1.13 bits per heavy atom. The van der Waals surface area contributed by atoms with Gasteiger partial charge in [0.05, 0.1) is 10.8 Å². The molecule has 0 saturated carbocycles. The summed E-state index contributed by atoms with van der Waals surface area (Å²) in [6, 6.07) is 14.0. The largest absolute Gasteiger partial charge is 0.420 e. The van der Waals surface area contributed by atoms with E-state index < -0.39 is 10.0 Å². The fraction of sp³-hybridized carbons (Fsp3) is 0.318. The van der Waals surface area contributed by atoms with Gasteiger partial charge in [-0.2, -0.15) is 4.31 Å². The summed E-state index contributed by atoms with van der Waals surface area (Å²) in [5.41, 5.74) is 2.46. The molecule has 3 aromatic rings. The first-order chi connectivity index (χ1) is 14.8. The normalized spacial score (nSPS) is 17.4. The molecule has 8 nitrogen and oxygen atoms in total. The van der Waals surface area contributed by atoms with Crippen molar-refractivity contribution in [3.05, 3.63) is 60.0 Å². The number of benzene rings is 2. The molecular weight excluding hydrogens is 416 g/mol. The van der Waals surface area contributed by atoms with Gasteiger partial charge in [-0.25, -0.2) is 8.42 Å². The van der Waals surface area contributed by atoms with E-state index in [9.17, 15) is 13.2 Å². The molecule has 2 aromatic carbocycles. The van der Waals surface area contributed by atoms with Crippen molar-refractivity contribution in [3.63, 3.8) is 0 Å². The van der Waals surface area contributed by atoms with Crippen molar-refractivity contribution in [2.45, 2.75) is 37.5 Å². The van der Waals surface area contributed by atoms with Gasteiger partial charge in [0.1, 0.15) is 0 Å². The molecule has 162 valence electrons. The average Bonchev–Trinajstić information content (AvgIpc) is 3.24. The molecule has 0 radical (unpaired) electrons. The summed E-state index contributed by atoms with van der Waals surface area (Å²) in [6.45, 7) is 4.10. The first kappa shape index (κ1) is 21.2. The third-order valence-corrected chi connectivity index (χ3v) is 7.24. The van der Waals surface area contributed by atoms with Gasteiger partial charge >= 0.3 is 0 Å². The molecule has 4 rings (SSSR count). The molecular formula is C22H24N4O4S. The van der Waals surface area contributed by atoms with Crippen molar-refractivity contribution in [3.8, 4) is 11.5 Å². The minimum atomic E-state index is -3.67. The lowest BCUT2D eigenvalue weighted by Crippen LogP contribution is -2.39. The molecule has 2 heterocycles. The van der Waals surface area contributed by atoms with E-state index in [1.54, 1.807) is 12.1 Å². The van der Waals surface area contributed by atoms with E-state index in [2.05, 4.69) is 15.5 Å². The van der Waals surface area contributed by atoms with Crippen molar-refractivity contribution >= 4 is 21.6 Å². The minimum Gasteiger partial charge on any atom is -0.420 e. The molecule has 0 unspecified atom stereocenters. The van der Waals surface area contributed by atoms with Gasteiger partial charge in [-0.15, -0.1) is 10.2 Å². The average molecular weight is 441 g/mol. The lowest BCUT2D eigenvalue weighted by molar-refractivity contribution is -0.114. The predicted molar refractivity (Wildman–Crippen MR) is 116 cm³/mol. The summed E-state index contributed by atoms with van der Waals surface area (Å²) < 4.78 is 33.7. The van der Waals surface area contributed by atoms with E-state index in [1.807, 2.05) is 31.2 Å². The molecule has 0 bridgehead atoms. The molecule has 1 aliphatic rings. The first-order valence-electron chi connectivity index (χ1n) is 10.1. The smallest absolute Gasteiger partial charge is 0.248 e. The van der Waals surface area contributed by atoms with Crippen LogP contribution in [0.5, 0.6) is 0 Å². The zero-order valence-corrected chi connectivity index (χ0v) is 18.2. The van der Waals surface area contributed by atoms with Gasteiger partial charge < -0.3 is 9.73 Å². The number of sulfonamides is 1. The molecule has 1 amide bonds. The van der Waals surface area contributed by atoms with Crippen LogP contribution in [0.25, 0.3) is 11.5 Å². The topological polar surface area (TPSA) is 105 Å². The number of nitrogens with one attached hydrogen (secondary N) is 1. The third-order valence-electron chi connectivity index (χ3n) is 5.36. The zero-order valence-electron chi connectivity index (χ0n) is 17.4. The predicted octanol–water partition coefficient (Wildman–Crippen LogP) is 3.57. The van der Waals surface area contributed by atoms with Gasteiger partial charge in [-0.1, -0.05) is 18.2 Å². The highest BCUT2D eigenvalue weighted by Crippen LogP contribution is 2.32. The molecule has 1 saturated heterocycles. The SMILES string of the molecule is CC(=O)Nc1ccc(S(=O)(=O)N2CCC[C@H](c3nnc(-c4ccccc4C)o3)C2)cc1. The number of rotatable bonds is 5. The Hall–Kier alpha value is -3.04. The standard InChI is InChI=1S/C22H24N4O4S/c1-15-6-3-4-8-20(15)22-25-24-21(30-22)17-7-5-13-26(14-17)31(28,29)19-11-9-18(10-12-19)23-16(2)27/h3-4,6,8-12,17H,5,7,13-14H2,1-2H3,(H,23,27)/t17-/m0/s1. The van der Waals surface area contributed by atoms with Gasteiger partial charge in [0, 0.05) is 31.3 Å². The van der Waals surface area contributed by atoms with E-state index >= 15 is 0 Å². The number of aryl methyl sites for hydroxylation is 1. The molecule has 1 atom stereocenters. The Morgan fingerprint density at radius 2 is 1.87 bits per heavy atom. The number of piperidine rings is 1. The van der Waals surface area contributed by atoms with Crippen molar-refractivity contribution in [2.75, 3.05) is 18.4 Å². The van der Waals surface area contributed by atoms with Crippen LogP contribution in [0, 0.1) is 6.92 Å². The van der Waals surface area contributed by atoms with Crippen LogP contribution in [0.4, 0.5) is 5.69 Å². The number of aromatic nitrogens is 2. The number of carbonyl (C=O) groups is 1. The monoisotopic (exact) mass is 440 g/mol. The van der Waals surface area contributed by atoms with Crippen LogP contribution in [-0.4, -0.2) is 41.9 Å². The van der Waals surface area contributed by atoms with Crippen LogP contribution >= 0.6 is 0 Å². The Morgan fingerprint density at radius 3 is 2.58 bits per heavy atom. The number of hydrogen-bond acceptors (Lipinski definition) is 6. The highest BCUT2D eigenvalue weighted by molar-refractivity contribution is 7.89. The lowest BCUT2D eigenvalue weighted by atomic mass is 10.00. The fourth-order valence-electron chi connectivity index (χ4n) is 3.75. The summed E-state index contributed by atoms with van der Waals surface area (Å²) in [7, 11) is -3.67. The van der Waals surface area contributed by atoms with Gasteiger partial charge in [0.2, 0.25) is 27.7 Å². The lowest BCUT2D eigenvalue weighted by Gasteiger charge is -2.30. The number of nitrogens with zero attached hydrogens (tertiary/aromatic N) is 3. The van der Waals surface area contributed by atoms with Crippen LogP contribution in [0.3, 0.4) is 0 Å². The van der Waals surface area contributed by atoms with Crippen LogP contribution < -0.4 is 5.32 Å². The molecule has 1 N–H and O–H groups in total. The van der Waals surface area contributed by atoms with Gasteiger partial charge in [0.25, 0.3) is 0 Å². The molecule has 0 spiro atoms. The Bertz CT molecular complexity index is 1190. The number of hydrogen-bond donors (Lipinski definition) is 1. The second-order valence-corrected chi connectivity index (χ2v) is 9.61. The minimum absolute atomic E-state index is 0.160. The number of carbonyl (C=O) groups excluding carboxylic acids is 1. The van der Waals surface area contributed by atoms with Gasteiger partial charge in [-0.3, -0.25) is 4.79 Å². The molecule has 31 heavy (non-hydrogen) atoms. The van der Waals surface area contributed by atoms with E-state index in [-0.39, 0.29) is 23.3 Å². The Kier molecular flexibility index (Phi) is 5.88. The zero-order chi connectivity index (χ0) is 22.0. The molecule has 1 fully saturated rings. The van der Waals surface area contributed by atoms with E-state index in [4.69, 9.17) is 4.42 Å². The van der Waals surface area contributed by atoms with Crippen LogP contribution in [0.2, 0.25) is 0 Å². The number of anilines is 1. The maximum absolute atomic E-state index is 13.1. The van der Waals surface area contributed by atoms with Crippen LogP contribution in [-0.2, 0) is 14.8 Å². The molecule has 9 heteroatoms. The van der Waals surface area contributed by atoms with Crippen LogP contribution in [0.15, 0.2) is 57.8 Å². The third kappa shape index (κ3) is 4.52. The summed E-state index contributed by atoms with van der Waals surface area (Å²) in [6.07, 6.45) is 1.48. The molecule has 1 aromatic heterocycles. The number of amides is 1. The second kappa shape index (κ2) is 8.60. The summed E-state index contributed by atoms with van der Waals surface area (Å²) >= 11 is 0. The van der Waals surface area contributed by atoms with Crippen molar-refractivity contribution in [1.82, 2.24) is 14.5 Å². The summed E-state index contributed by atoms with van der Waals surface area (Å²) in [5, 5.41) is 11.0. The fourth-order valence-corrected chi connectivity index (χ4v) is 5.27. The van der Waals surface area contributed by atoms with Gasteiger partial charge in [0.15, 0.2) is 0 Å². The van der Waals surface area contributed by atoms with E-state index in [1.165, 1.54) is 23.4 Å². The Labute approximate surface area is 181 Å². The maximum atomic E-state index is 13.1. The van der Waals surface area contributed by atoms with Crippen LogP contribution in [0.1, 0.15) is 37.1 Å². The van der Waals surface area contributed by atoms with E-state index in [0.29, 0.717) is 30.4 Å². The van der Waals surface area contributed by atoms with Crippen molar-refractivity contribution in [1.29, 1.82) is 0 Å². The van der Waals surface area contributed by atoms with Gasteiger partial charge in [-0.05, 0) is 55.7 Å². The molecule has 0 aliphatic carbocycles. The van der Waals surface area contributed by atoms with E-state index in [0.717, 1.165) is 17.5 Å². The van der Waals surface area contributed by atoms with Crippen molar-refractivity contribution in [2.24, 2.45) is 0 Å². The summed E-state index contributed by atoms with van der Waals surface area (Å²) in [5.74, 6) is 0.535. The van der Waals surface area contributed by atoms with Crippen molar-refractivity contribution < 1.29 is 17.6 Å². The summed E-state index contributed by atoms with van der Waals surface area (Å²) in [4.78, 5) is 11.4. The first-order valence-corrected chi connectivity index (χ1v) is 11.6. The maximum Gasteiger partial charge on any atom is 0.248 e.